The SMILES string of the molecule is Fc1ccc(-c2nc(C3CCNCC3)sc2-c2ncncc2C2CCCCCC2)cc1. The minimum atomic E-state index is -0.222. The van der Waals surface area contributed by atoms with Crippen LogP contribution in [0.3, 0.4) is 0 Å². The van der Waals surface area contributed by atoms with Crippen LogP contribution in [0.2, 0.25) is 0 Å². The van der Waals surface area contributed by atoms with Crippen molar-refractivity contribution >= 4 is 11.3 Å². The first kappa shape index (κ1) is 20.7. The third-order valence-corrected chi connectivity index (χ3v) is 7.92. The number of nitrogens with zero attached hydrogens (tertiary/aromatic N) is 3. The maximum Gasteiger partial charge on any atom is 0.123 e. The van der Waals surface area contributed by atoms with Gasteiger partial charge in [0.25, 0.3) is 0 Å². The lowest BCUT2D eigenvalue weighted by atomic mass is 9.90. The number of halogens is 1. The van der Waals surface area contributed by atoms with E-state index in [-0.39, 0.29) is 5.82 Å². The van der Waals surface area contributed by atoms with E-state index in [9.17, 15) is 4.39 Å². The van der Waals surface area contributed by atoms with Crippen LogP contribution in [0.15, 0.2) is 36.8 Å². The van der Waals surface area contributed by atoms with Gasteiger partial charge in [-0.25, -0.2) is 19.3 Å². The molecule has 1 aliphatic carbocycles. The topological polar surface area (TPSA) is 50.7 Å². The van der Waals surface area contributed by atoms with Crippen molar-refractivity contribution in [2.45, 2.75) is 63.2 Å². The molecule has 1 saturated carbocycles. The van der Waals surface area contributed by atoms with Gasteiger partial charge in [-0.05, 0) is 69.0 Å². The second-order valence-corrected chi connectivity index (χ2v) is 9.81. The molecule has 31 heavy (non-hydrogen) atoms. The average molecular weight is 437 g/mol. The summed E-state index contributed by atoms with van der Waals surface area (Å²) < 4.78 is 13.6. The highest BCUT2D eigenvalue weighted by molar-refractivity contribution is 7.15. The van der Waals surface area contributed by atoms with Gasteiger partial charge < -0.3 is 5.32 Å². The largest absolute Gasteiger partial charge is 0.317 e. The molecule has 0 radical (unpaired) electrons. The van der Waals surface area contributed by atoms with Crippen molar-refractivity contribution in [2.24, 2.45) is 0 Å². The summed E-state index contributed by atoms with van der Waals surface area (Å²) in [6.45, 7) is 2.07. The highest BCUT2D eigenvalue weighted by Crippen LogP contribution is 2.44. The van der Waals surface area contributed by atoms with Gasteiger partial charge in [-0.15, -0.1) is 11.3 Å². The first-order chi connectivity index (χ1) is 15.3. The lowest BCUT2D eigenvalue weighted by Crippen LogP contribution is -2.26. The number of nitrogens with one attached hydrogen (secondary N) is 1. The number of benzene rings is 1. The first-order valence-electron chi connectivity index (χ1n) is 11.6. The monoisotopic (exact) mass is 436 g/mol. The summed E-state index contributed by atoms with van der Waals surface area (Å²) in [4.78, 5) is 15.4. The molecule has 2 aliphatic rings. The molecule has 0 unspecified atom stereocenters. The quantitative estimate of drug-likeness (QED) is 0.487. The van der Waals surface area contributed by atoms with Crippen molar-refractivity contribution in [1.82, 2.24) is 20.3 Å². The van der Waals surface area contributed by atoms with Crippen LogP contribution in [-0.2, 0) is 0 Å². The fraction of sp³-hybridized carbons (Fsp3) is 0.480. The van der Waals surface area contributed by atoms with E-state index in [0.717, 1.165) is 47.8 Å². The zero-order valence-electron chi connectivity index (χ0n) is 17.8. The van der Waals surface area contributed by atoms with E-state index < -0.39 is 0 Å². The molecule has 1 aromatic carbocycles. The summed E-state index contributed by atoms with van der Waals surface area (Å²) in [6, 6.07) is 6.73. The summed E-state index contributed by atoms with van der Waals surface area (Å²) in [5.41, 5.74) is 4.18. The second kappa shape index (κ2) is 9.53. The third kappa shape index (κ3) is 4.55. The zero-order chi connectivity index (χ0) is 21.0. The number of hydrogen-bond donors (Lipinski definition) is 1. The molecule has 6 heteroatoms. The summed E-state index contributed by atoms with van der Waals surface area (Å²) in [7, 11) is 0. The lowest BCUT2D eigenvalue weighted by molar-refractivity contribution is 0.459. The molecule has 4 nitrogen and oxygen atoms in total. The molecular formula is C25H29FN4S. The van der Waals surface area contributed by atoms with Crippen molar-refractivity contribution < 1.29 is 4.39 Å². The molecule has 0 bridgehead atoms. The Balaban J connectivity index is 1.61. The molecule has 3 aromatic rings. The molecule has 1 aliphatic heterocycles. The molecule has 162 valence electrons. The van der Waals surface area contributed by atoms with Gasteiger partial charge in [0.1, 0.15) is 12.1 Å². The number of thiazole rings is 1. The summed E-state index contributed by atoms with van der Waals surface area (Å²) in [5, 5.41) is 4.63. The summed E-state index contributed by atoms with van der Waals surface area (Å²) in [6.07, 6.45) is 13.5. The fourth-order valence-corrected chi connectivity index (χ4v) is 6.24. The minimum absolute atomic E-state index is 0.222. The van der Waals surface area contributed by atoms with Gasteiger partial charge in [0, 0.05) is 23.2 Å². The zero-order valence-corrected chi connectivity index (χ0v) is 18.6. The molecule has 5 rings (SSSR count). The Labute approximate surface area is 187 Å². The third-order valence-electron chi connectivity index (χ3n) is 6.70. The molecule has 1 saturated heterocycles. The predicted octanol–water partition coefficient (Wildman–Crippen LogP) is 6.31. The van der Waals surface area contributed by atoms with Gasteiger partial charge >= 0.3 is 0 Å². The smallest absolute Gasteiger partial charge is 0.123 e. The van der Waals surface area contributed by atoms with Crippen molar-refractivity contribution in [3.63, 3.8) is 0 Å². The van der Waals surface area contributed by atoms with Gasteiger partial charge in [0.15, 0.2) is 0 Å². The Bertz CT molecular complexity index is 1000. The molecule has 0 atom stereocenters. The Hall–Kier alpha value is -2.18. The molecule has 3 heterocycles. The van der Waals surface area contributed by atoms with Gasteiger partial charge in [-0.3, -0.25) is 0 Å². The normalized spacial score (nSPS) is 18.7. The van der Waals surface area contributed by atoms with Crippen molar-refractivity contribution in [2.75, 3.05) is 13.1 Å². The number of aromatic nitrogens is 3. The van der Waals surface area contributed by atoms with Gasteiger partial charge in [-0.1, -0.05) is 25.7 Å². The molecule has 0 amide bonds. The highest BCUT2D eigenvalue weighted by atomic mass is 32.1. The molecule has 2 aromatic heterocycles. The molecule has 1 N–H and O–H groups in total. The summed E-state index contributed by atoms with van der Waals surface area (Å²) >= 11 is 1.78. The predicted molar refractivity (Wildman–Crippen MR) is 124 cm³/mol. The van der Waals surface area contributed by atoms with E-state index >= 15 is 0 Å². The number of piperidine rings is 1. The van der Waals surface area contributed by atoms with Crippen LogP contribution in [0.1, 0.15) is 73.8 Å². The molecular weight excluding hydrogens is 407 g/mol. The first-order valence-corrected chi connectivity index (χ1v) is 12.4. The average Bonchev–Trinajstić information content (AvgIpc) is 3.08. The molecule has 0 spiro atoms. The van der Waals surface area contributed by atoms with Crippen LogP contribution in [0, 0.1) is 5.82 Å². The Morgan fingerprint density at radius 2 is 1.61 bits per heavy atom. The fourth-order valence-electron chi connectivity index (χ4n) is 4.96. The number of rotatable bonds is 4. The van der Waals surface area contributed by atoms with Crippen molar-refractivity contribution in [3.05, 3.63) is 53.2 Å². The van der Waals surface area contributed by atoms with Gasteiger partial charge in [0.2, 0.25) is 0 Å². The highest BCUT2D eigenvalue weighted by Gasteiger charge is 2.26. The van der Waals surface area contributed by atoms with E-state index in [1.165, 1.54) is 61.2 Å². The Morgan fingerprint density at radius 3 is 2.35 bits per heavy atom. The number of hydrogen-bond acceptors (Lipinski definition) is 5. The van der Waals surface area contributed by atoms with Crippen LogP contribution >= 0.6 is 11.3 Å². The standard InChI is InChI=1S/C25H29FN4S/c26-20-9-7-18(8-10-20)22-24(31-25(30-22)19-11-13-27-14-12-19)23-21(15-28-16-29-23)17-5-3-1-2-4-6-17/h7-10,15-17,19,27H,1-6,11-14H2. The molecule has 2 fully saturated rings. The Morgan fingerprint density at radius 1 is 0.871 bits per heavy atom. The van der Waals surface area contributed by atoms with Crippen LogP contribution in [0.4, 0.5) is 4.39 Å². The van der Waals surface area contributed by atoms with Crippen molar-refractivity contribution in [3.8, 4) is 21.8 Å². The van der Waals surface area contributed by atoms with E-state index in [1.807, 2.05) is 18.3 Å². The van der Waals surface area contributed by atoms with Gasteiger partial charge in [0.05, 0.1) is 21.3 Å². The van der Waals surface area contributed by atoms with E-state index in [2.05, 4.69) is 10.3 Å². The maximum absolute atomic E-state index is 13.6. The Kier molecular flexibility index (Phi) is 6.37. The maximum atomic E-state index is 13.6. The second-order valence-electron chi connectivity index (χ2n) is 8.78. The van der Waals surface area contributed by atoms with E-state index in [4.69, 9.17) is 9.97 Å². The summed E-state index contributed by atoms with van der Waals surface area (Å²) in [5.74, 6) is 0.756. The van der Waals surface area contributed by atoms with Crippen LogP contribution in [0.25, 0.3) is 21.8 Å². The van der Waals surface area contributed by atoms with Gasteiger partial charge in [-0.2, -0.15) is 0 Å². The van der Waals surface area contributed by atoms with Crippen LogP contribution in [0.5, 0.6) is 0 Å². The van der Waals surface area contributed by atoms with E-state index in [0.29, 0.717) is 11.8 Å². The minimum Gasteiger partial charge on any atom is -0.317 e. The van der Waals surface area contributed by atoms with Crippen LogP contribution < -0.4 is 5.32 Å². The van der Waals surface area contributed by atoms with Crippen LogP contribution in [-0.4, -0.2) is 28.0 Å². The van der Waals surface area contributed by atoms with Crippen molar-refractivity contribution in [1.29, 1.82) is 0 Å². The van der Waals surface area contributed by atoms with E-state index in [1.54, 1.807) is 17.7 Å². The lowest BCUT2D eigenvalue weighted by Gasteiger charge is -2.20.